The van der Waals surface area contributed by atoms with Gasteiger partial charge in [-0.3, -0.25) is 4.79 Å². The molecule has 1 aliphatic rings. The molecule has 0 heterocycles. The van der Waals surface area contributed by atoms with Crippen LogP contribution in [-0.4, -0.2) is 19.6 Å². The predicted octanol–water partition coefficient (Wildman–Crippen LogP) is 4.37. The minimum Gasteiger partial charge on any atom is -0.465 e. The van der Waals surface area contributed by atoms with E-state index in [9.17, 15) is 4.79 Å². The van der Waals surface area contributed by atoms with E-state index in [0.717, 1.165) is 12.8 Å². The quantitative estimate of drug-likeness (QED) is 0.778. The van der Waals surface area contributed by atoms with Gasteiger partial charge in [-0.2, -0.15) is 0 Å². The summed E-state index contributed by atoms with van der Waals surface area (Å²) in [6.45, 7) is 14.3. The third kappa shape index (κ3) is 12.9. The smallest absolute Gasteiger partial charge is 0.293 e. The van der Waals surface area contributed by atoms with Crippen molar-refractivity contribution >= 4 is 6.47 Å². The lowest BCUT2D eigenvalue weighted by Crippen LogP contribution is -2.08. The van der Waals surface area contributed by atoms with Gasteiger partial charge in [-0.05, 0) is 45.3 Å². The fourth-order valence-corrected chi connectivity index (χ4v) is 1.31. The van der Waals surface area contributed by atoms with Crippen LogP contribution in [-0.2, 0) is 9.53 Å². The molecule has 116 valence electrons. The van der Waals surface area contributed by atoms with Crippen LogP contribution >= 0.6 is 0 Å². The van der Waals surface area contributed by atoms with Crippen LogP contribution in [0.1, 0.15) is 53.9 Å². The first kappa shape index (κ1) is 20.8. The van der Waals surface area contributed by atoms with Crippen LogP contribution < -0.4 is 5.32 Å². The molecule has 0 aromatic rings. The average molecular weight is 281 g/mol. The zero-order valence-electron chi connectivity index (χ0n) is 14.0. The van der Waals surface area contributed by atoms with E-state index in [4.69, 9.17) is 0 Å². The summed E-state index contributed by atoms with van der Waals surface area (Å²) >= 11 is 0. The van der Waals surface area contributed by atoms with Crippen molar-refractivity contribution in [2.75, 3.05) is 7.05 Å². The highest BCUT2D eigenvalue weighted by molar-refractivity contribution is 5.37. The normalized spacial score (nSPS) is 12.8. The lowest BCUT2D eigenvalue weighted by molar-refractivity contribution is -0.131. The molecule has 0 spiro atoms. The van der Waals surface area contributed by atoms with E-state index in [1.165, 1.54) is 23.3 Å². The zero-order chi connectivity index (χ0) is 16.0. The molecule has 0 bridgehead atoms. The molecule has 1 rings (SSSR count). The molecule has 0 aliphatic heterocycles. The van der Waals surface area contributed by atoms with Crippen LogP contribution in [0.25, 0.3) is 0 Å². The van der Waals surface area contributed by atoms with Crippen molar-refractivity contribution in [3.05, 3.63) is 35.6 Å². The van der Waals surface area contributed by atoms with Gasteiger partial charge < -0.3 is 10.1 Å². The Kier molecular flexibility index (Phi) is 14.5. The van der Waals surface area contributed by atoms with E-state index in [1.807, 2.05) is 7.05 Å². The minimum atomic E-state index is 0.0301. The molecule has 0 saturated carbocycles. The highest BCUT2D eigenvalue weighted by Gasteiger charge is 2.04. The maximum absolute atomic E-state index is 9.39. The van der Waals surface area contributed by atoms with E-state index >= 15 is 0 Å². The number of hydrogen-bond donors (Lipinski definition) is 1. The average Bonchev–Trinajstić information content (AvgIpc) is 2.40. The Balaban J connectivity index is 0. The van der Waals surface area contributed by atoms with Crippen LogP contribution in [0.3, 0.4) is 0 Å². The molecule has 0 amide bonds. The fraction of sp³-hybridized carbons (Fsp3) is 0.588. The number of carbonyl (C=O) groups excluding carboxylic acids is 1. The number of carbonyl (C=O) groups is 1. The van der Waals surface area contributed by atoms with Crippen molar-refractivity contribution in [2.24, 2.45) is 0 Å². The van der Waals surface area contributed by atoms with Crippen molar-refractivity contribution in [1.29, 1.82) is 0 Å². The Morgan fingerprint density at radius 2 is 1.95 bits per heavy atom. The molecule has 0 radical (unpaired) electrons. The topological polar surface area (TPSA) is 38.3 Å². The van der Waals surface area contributed by atoms with Crippen LogP contribution in [0.15, 0.2) is 35.6 Å². The number of allylic oxidation sites excluding steroid dienone is 5. The molecule has 3 heteroatoms. The van der Waals surface area contributed by atoms with E-state index in [2.05, 4.69) is 49.6 Å². The van der Waals surface area contributed by atoms with Crippen LogP contribution in [0.2, 0.25) is 0 Å². The van der Waals surface area contributed by atoms with Crippen molar-refractivity contribution in [3.63, 3.8) is 0 Å². The second-order valence-corrected chi connectivity index (χ2v) is 4.90. The summed E-state index contributed by atoms with van der Waals surface area (Å²) in [6.07, 6.45) is 7.81. The molecule has 20 heavy (non-hydrogen) atoms. The second-order valence-electron chi connectivity index (χ2n) is 4.90. The molecule has 0 unspecified atom stereocenters. The Labute approximate surface area is 124 Å². The largest absolute Gasteiger partial charge is 0.465 e. The van der Waals surface area contributed by atoms with Crippen LogP contribution in [0.4, 0.5) is 0 Å². The summed E-state index contributed by atoms with van der Waals surface area (Å²) in [7, 11) is 1.96. The summed E-state index contributed by atoms with van der Waals surface area (Å²) in [5, 5.41) is 3.15. The van der Waals surface area contributed by atoms with Crippen LogP contribution in [0.5, 0.6) is 0 Å². The summed E-state index contributed by atoms with van der Waals surface area (Å²) in [6, 6.07) is 0. The van der Waals surface area contributed by atoms with Gasteiger partial charge in [-0.15, -0.1) is 0 Å². The fourth-order valence-electron chi connectivity index (χ4n) is 1.31. The number of hydrogen-bond acceptors (Lipinski definition) is 3. The molecule has 3 nitrogen and oxygen atoms in total. The Morgan fingerprint density at radius 3 is 2.15 bits per heavy atom. The standard InChI is InChI=1S/C10H15N.C4H8O2.C3H8/c1-8(2)9-4-6-10(11-3)7-5-9;1-4(2)6-3-5;1-3-2/h4,6,11H,1,5,7H2,2-3H3;3-4H,1-2H3;3H2,1-2H3. The second kappa shape index (κ2) is 13.9. The maximum atomic E-state index is 9.39. The first-order valence-electron chi connectivity index (χ1n) is 7.25. The number of rotatable bonds is 4. The molecule has 1 N–H and O–H groups in total. The highest BCUT2D eigenvalue weighted by Crippen LogP contribution is 2.20. The molecule has 1 aliphatic carbocycles. The molecular weight excluding hydrogens is 250 g/mol. The van der Waals surface area contributed by atoms with Crippen molar-refractivity contribution < 1.29 is 9.53 Å². The highest BCUT2D eigenvalue weighted by atomic mass is 16.5. The Bertz CT molecular complexity index is 328. The van der Waals surface area contributed by atoms with Gasteiger partial charge in [0, 0.05) is 12.7 Å². The molecule has 0 aromatic carbocycles. The van der Waals surface area contributed by atoms with Gasteiger partial charge in [0.1, 0.15) is 0 Å². The third-order valence-corrected chi connectivity index (χ3v) is 2.35. The summed E-state index contributed by atoms with van der Waals surface area (Å²) < 4.78 is 4.36. The lowest BCUT2D eigenvalue weighted by Gasteiger charge is -2.13. The predicted molar refractivity (Wildman–Crippen MR) is 87.5 cm³/mol. The SMILES string of the molecule is C=C(C)C1=CC=C(NC)CC1.CC(C)OC=O.CCC. The first-order valence-corrected chi connectivity index (χ1v) is 7.25. The van der Waals surface area contributed by atoms with E-state index in [1.54, 1.807) is 13.8 Å². The van der Waals surface area contributed by atoms with Gasteiger partial charge >= 0.3 is 0 Å². The zero-order valence-corrected chi connectivity index (χ0v) is 14.0. The monoisotopic (exact) mass is 281 g/mol. The summed E-state index contributed by atoms with van der Waals surface area (Å²) in [5.74, 6) is 0. The lowest BCUT2D eigenvalue weighted by atomic mass is 9.98. The summed E-state index contributed by atoms with van der Waals surface area (Å²) in [4.78, 5) is 9.39. The van der Waals surface area contributed by atoms with Gasteiger partial charge in [0.05, 0.1) is 6.10 Å². The van der Waals surface area contributed by atoms with E-state index in [-0.39, 0.29) is 6.10 Å². The number of ether oxygens (including phenoxy) is 1. The third-order valence-electron chi connectivity index (χ3n) is 2.35. The molecule has 0 aromatic heterocycles. The van der Waals surface area contributed by atoms with Crippen molar-refractivity contribution in [3.8, 4) is 0 Å². The van der Waals surface area contributed by atoms with Gasteiger partial charge in [0.25, 0.3) is 6.47 Å². The molecule has 0 fully saturated rings. The van der Waals surface area contributed by atoms with Crippen molar-refractivity contribution in [2.45, 2.75) is 60.0 Å². The van der Waals surface area contributed by atoms with Crippen molar-refractivity contribution in [1.82, 2.24) is 5.32 Å². The molecule has 0 atom stereocenters. The molecular formula is C17H31NO2. The maximum Gasteiger partial charge on any atom is 0.293 e. The van der Waals surface area contributed by atoms with E-state index < -0.39 is 0 Å². The van der Waals surface area contributed by atoms with Crippen LogP contribution in [0, 0.1) is 0 Å². The number of nitrogens with one attached hydrogen (secondary N) is 1. The van der Waals surface area contributed by atoms with Gasteiger partial charge in [0.15, 0.2) is 0 Å². The van der Waals surface area contributed by atoms with Gasteiger partial charge in [-0.25, -0.2) is 0 Å². The minimum absolute atomic E-state index is 0.0301. The molecule has 0 saturated heterocycles. The van der Waals surface area contributed by atoms with Gasteiger partial charge in [0.2, 0.25) is 0 Å². The summed E-state index contributed by atoms with van der Waals surface area (Å²) in [5.41, 5.74) is 3.88. The van der Waals surface area contributed by atoms with Gasteiger partial charge in [-0.1, -0.05) is 38.5 Å². The Morgan fingerprint density at radius 1 is 1.40 bits per heavy atom. The first-order chi connectivity index (χ1) is 9.42. The van der Waals surface area contributed by atoms with E-state index in [0.29, 0.717) is 6.47 Å². The Hall–Kier alpha value is -1.51.